The van der Waals surface area contributed by atoms with E-state index in [1.54, 1.807) is 5.57 Å². The third-order valence-corrected chi connectivity index (χ3v) is 12.4. The summed E-state index contributed by atoms with van der Waals surface area (Å²) in [6, 6.07) is 0. The van der Waals surface area contributed by atoms with Gasteiger partial charge in [-0.2, -0.15) is 0 Å². The molecule has 0 spiro atoms. The van der Waals surface area contributed by atoms with Gasteiger partial charge in [-0.15, -0.1) is 0 Å². The van der Waals surface area contributed by atoms with E-state index in [9.17, 15) is 9.59 Å². The summed E-state index contributed by atoms with van der Waals surface area (Å²) in [5.74, 6) is 6.55. The van der Waals surface area contributed by atoms with Crippen LogP contribution in [0.3, 0.4) is 0 Å². The molecule has 4 aliphatic rings. The van der Waals surface area contributed by atoms with Gasteiger partial charge in [0.15, 0.2) is 0 Å². The lowest BCUT2D eigenvalue weighted by atomic mass is 9.46. The summed E-state index contributed by atoms with van der Waals surface area (Å²) in [6.07, 6.45) is 21.9. The van der Waals surface area contributed by atoms with Crippen LogP contribution in [0.5, 0.6) is 0 Å². The van der Waals surface area contributed by atoms with Crippen LogP contribution in [0, 0.1) is 52.3 Å². The highest BCUT2D eigenvalue weighted by Gasteiger charge is 2.59. The molecule has 0 aromatic rings. The second kappa shape index (κ2) is 12.7. The molecule has 0 aromatic carbocycles. The van der Waals surface area contributed by atoms with Gasteiger partial charge in [0.2, 0.25) is 0 Å². The average Bonchev–Trinajstić information content (AvgIpc) is 3.21. The molecule has 8 atom stereocenters. The van der Waals surface area contributed by atoms with Crippen LogP contribution in [0.1, 0.15) is 151 Å². The molecule has 4 aliphatic carbocycles. The number of carbonyl (C=O) groups is 2. The Kier molecular flexibility index (Phi) is 10.1. The molecule has 2 nitrogen and oxygen atoms in total. The van der Waals surface area contributed by atoms with Crippen molar-refractivity contribution in [3.63, 3.8) is 0 Å². The van der Waals surface area contributed by atoms with Gasteiger partial charge in [0.25, 0.3) is 0 Å². The molecule has 0 heterocycles. The van der Waals surface area contributed by atoms with Crippen LogP contribution in [0.15, 0.2) is 11.6 Å². The third-order valence-electron chi connectivity index (χ3n) is 12.4. The first kappa shape index (κ1) is 30.0. The zero-order chi connectivity index (χ0) is 27.5. The molecule has 0 saturated heterocycles. The zero-order valence-corrected chi connectivity index (χ0v) is 26.0. The lowest BCUT2D eigenvalue weighted by Crippen LogP contribution is -2.50. The van der Waals surface area contributed by atoms with Crippen molar-refractivity contribution in [3.8, 4) is 0 Å². The second-order valence-corrected chi connectivity index (χ2v) is 15.3. The summed E-state index contributed by atoms with van der Waals surface area (Å²) in [6.45, 7) is 14.7. The van der Waals surface area contributed by atoms with Gasteiger partial charge in [-0.25, -0.2) is 0 Å². The predicted molar refractivity (Wildman–Crippen MR) is 160 cm³/mol. The van der Waals surface area contributed by atoms with Crippen molar-refractivity contribution in [1.82, 2.24) is 0 Å². The largest absolute Gasteiger partial charge is 0.300 e. The summed E-state index contributed by atoms with van der Waals surface area (Å²) >= 11 is 0. The van der Waals surface area contributed by atoms with Crippen molar-refractivity contribution < 1.29 is 9.59 Å². The van der Waals surface area contributed by atoms with E-state index in [1.807, 2.05) is 0 Å². The maximum Gasteiger partial charge on any atom is 0.133 e. The van der Waals surface area contributed by atoms with Gasteiger partial charge < -0.3 is 0 Å². The minimum atomic E-state index is 0.327. The smallest absolute Gasteiger partial charge is 0.133 e. The molecule has 38 heavy (non-hydrogen) atoms. The summed E-state index contributed by atoms with van der Waals surface area (Å²) in [4.78, 5) is 24.5. The normalized spacial score (nSPS) is 37.2. The Hall–Kier alpha value is -0.920. The fourth-order valence-corrected chi connectivity index (χ4v) is 10.2. The summed E-state index contributed by atoms with van der Waals surface area (Å²) in [7, 11) is 0. The maximum atomic E-state index is 12.7. The highest BCUT2D eigenvalue weighted by Crippen LogP contribution is 2.67. The average molecular weight is 525 g/mol. The number of Topliss-reactive ketones (excluding diaryl/α,β-unsaturated/α-hetero) is 2. The molecule has 2 heteroatoms. The topological polar surface area (TPSA) is 34.1 Å². The highest BCUT2D eigenvalue weighted by atomic mass is 16.1. The Morgan fingerprint density at radius 2 is 1.66 bits per heavy atom. The molecule has 0 N–H and O–H groups in total. The number of ketones is 2. The Bertz CT molecular complexity index is 853. The molecule has 4 unspecified atom stereocenters. The van der Waals surface area contributed by atoms with Crippen molar-refractivity contribution in [2.24, 2.45) is 52.3 Å². The lowest BCUT2D eigenvalue weighted by Gasteiger charge is -2.58. The molecule has 0 amide bonds. The van der Waals surface area contributed by atoms with Crippen molar-refractivity contribution >= 4 is 11.6 Å². The molecule has 4 rings (SSSR count). The second-order valence-electron chi connectivity index (χ2n) is 15.3. The van der Waals surface area contributed by atoms with Crippen molar-refractivity contribution in [2.45, 2.75) is 151 Å². The SMILES string of the molecule is CCCC(=O)CCCC(=O)C[C@H]1CCC2(C)C(=CC[C@H]3C2CCC2(C)C([C@H](C)CCCC(C)C)CC[C@@H]32)C1. The molecule has 0 aliphatic heterocycles. The monoisotopic (exact) mass is 524 g/mol. The fraction of sp³-hybridized carbons (Fsp3) is 0.889. The maximum absolute atomic E-state index is 12.7. The number of hydrogen-bond acceptors (Lipinski definition) is 2. The fourth-order valence-electron chi connectivity index (χ4n) is 10.2. The molecule has 3 fully saturated rings. The van der Waals surface area contributed by atoms with Crippen molar-refractivity contribution in [2.75, 3.05) is 0 Å². The zero-order valence-electron chi connectivity index (χ0n) is 26.0. The minimum Gasteiger partial charge on any atom is -0.300 e. The quantitative estimate of drug-likeness (QED) is 0.225. The summed E-state index contributed by atoms with van der Waals surface area (Å²) < 4.78 is 0. The lowest BCUT2D eigenvalue weighted by molar-refractivity contribution is -0.121. The first-order valence-electron chi connectivity index (χ1n) is 16.8. The van der Waals surface area contributed by atoms with Crippen LogP contribution in [-0.2, 0) is 9.59 Å². The van der Waals surface area contributed by atoms with Crippen LogP contribution >= 0.6 is 0 Å². The molecule has 216 valence electrons. The van der Waals surface area contributed by atoms with Crippen molar-refractivity contribution in [1.29, 1.82) is 0 Å². The molecule has 0 aromatic heterocycles. The third kappa shape index (κ3) is 6.35. The number of carbonyl (C=O) groups excluding carboxylic acids is 2. The molecule has 0 bridgehead atoms. The molecular formula is C36H60O2. The van der Waals surface area contributed by atoms with E-state index < -0.39 is 0 Å². The first-order valence-corrected chi connectivity index (χ1v) is 16.8. The Balaban J connectivity index is 1.34. The Labute approximate surface area is 235 Å². The van der Waals surface area contributed by atoms with Gasteiger partial charge >= 0.3 is 0 Å². The van der Waals surface area contributed by atoms with Gasteiger partial charge in [-0.3, -0.25) is 9.59 Å². The van der Waals surface area contributed by atoms with E-state index in [1.165, 1.54) is 64.2 Å². The van der Waals surface area contributed by atoms with Gasteiger partial charge in [0, 0.05) is 25.7 Å². The number of allylic oxidation sites excluding steroid dienone is 2. The van der Waals surface area contributed by atoms with Gasteiger partial charge in [0.05, 0.1) is 0 Å². The standard InChI is InChI=1S/C36H60O2/c1-7-10-29(37)13-9-14-30(38)24-27-19-21-35(5)28(23-27)15-16-31-33-18-17-32(26(4)12-8-11-25(2)3)36(33,6)22-20-34(31)35/h15,25-27,31-34H,7-14,16-24H2,1-6H3/t26-,27+,31-,32?,33+,34?,35?,36?/m1/s1. The molecule has 0 radical (unpaired) electrons. The van der Waals surface area contributed by atoms with Crippen LogP contribution in [0.2, 0.25) is 0 Å². The number of rotatable bonds is 13. The Morgan fingerprint density at radius 1 is 0.895 bits per heavy atom. The van der Waals surface area contributed by atoms with Crippen molar-refractivity contribution in [3.05, 3.63) is 11.6 Å². The van der Waals surface area contributed by atoms with E-state index in [0.717, 1.165) is 61.2 Å². The molecule has 3 saturated carbocycles. The van der Waals surface area contributed by atoms with E-state index >= 15 is 0 Å². The first-order chi connectivity index (χ1) is 18.1. The predicted octanol–water partition coefficient (Wildman–Crippen LogP) is 10.1. The summed E-state index contributed by atoms with van der Waals surface area (Å²) in [5, 5.41) is 0. The van der Waals surface area contributed by atoms with Crippen LogP contribution in [-0.4, -0.2) is 11.6 Å². The number of hydrogen-bond donors (Lipinski definition) is 0. The van der Waals surface area contributed by atoms with E-state index in [-0.39, 0.29) is 0 Å². The van der Waals surface area contributed by atoms with E-state index in [4.69, 9.17) is 0 Å². The van der Waals surface area contributed by atoms with Crippen LogP contribution in [0.4, 0.5) is 0 Å². The van der Waals surface area contributed by atoms with Crippen LogP contribution in [0.25, 0.3) is 0 Å². The van der Waals surface area contributed by atoms with Gasteiger partial charge in [-0.05, 0) is 116 Å². The van der Waals surface area contributed by atoms with Crippen LogP contribution < -0.4 is 0 Å². The van der Waals surface area contributed by atoms with Gasteiger partial charge in [-0.1, -0.05) is 72.5 Å². The molecular weight excluding hydrogens is 464 g/mol. The van der Waals surface area contributed by atoms with E-state index in [2.05, 4.69) is 47.6 Å². The van der Waals surface area contributed by atoms with Gasteiger partial charge in [0.1, 0.15) is 11.6 Å². The van der Waals surface area contributed by atoms with E-state index in [0.29, 0.717) is 47.6 Å². The minimum absolute atomic E-state index is 0.327. The Morgan fingerprint density at radius 3 is 2.39 bits per heavy atom. The summed E-state index contributed by atoms with van der Waals surface area (Å²) in [5.41, 5.74) is 2.64. The highest BCUT2D eigenvalue weighted by molar-refractivity contribution is 5.81. The number of fused-ring (bicyclic) bond motifs is 5.